The van der Waals surface area contributed by atoms with Gasteiger partial charge in [0.1, 0.15) is 0 Å². The SMILES string of the molecule is CC(C)=C[C@H]1CCCC[C@H]1NC1CCCCC1. The van der Waals surface area contributed by atoms with E-state index in [1.807, 2.05) is 0 Å². The second kappa shape index (κ2) is 6.58. The molecule has 0 aromatic rings. The van der Waals surface area contributed by atoms with E-state index in [2.05, 4.69) is 25.2 Å². The molecule has 1 nitrogen and oxygen atoms in total. The lowest BCUT2D eigenvalue weighted by atomic mass is 9.82. The summed E-state index contributed by atoms with van der Waals surface area (Å²) in [5, 5.41) is 3.97. The van der Waals surface area contributed by atoms with Crippen molar-refractivity contribution < 1.29 is 0 Å². The van der Waals surface area contributed by atoms with Gasteiger partial charge in [0, 0.05) is 12.1 Å². The first-order chi connectivity index (χ1) is 8.25. The number of nitrogens with one attached hydrogen (secondary N) is 1. The van der Waals surface area contributed by atoms with Gasteiger partial charge in [-0.05, 0) is 45.4 Å². The molecule has 2 saturated carbocycles. The first-order valence-corrected chi connectivity index (χ1v) is 7.67. The van der Waals surface area contributed by atoms with E-state index in [4.69, 9.17) is 0 Å². The Kier molecular flexibility index (Phi) is 5.09. The third-order valence-corrected chi connectivity index (χ3v) is 4.42. The maximum atomic E-state index is 3.97. The topological polar surface area (TPSA) is 12.0 Å². The molecule has 0 aliphatic heterocycles. The molecule has 0 spiro atoms. The van der Waals surface area contributed by atoms with Gasteiger partial charge in [-0.1, -0.05) is 43.8 Å². The summed E-state index contributed by atoms with van der Waals surface area (Å²) in [6.07, 6.45) is 15.3. The van der Waals surface area contributed by atoms with E-state index >= 15 is 0 Å². The van der Waals surface area contributed by atoms with Crippen LogP contribution in [0.4, 0.5) is 0 Å². The summed E-state index contributed by atoms with van der Waals surface area (Å²) in [4.78, 5) is 0. The van der Waals surface area contributed by atoms with E-state index in [0.717, 1.165) is 18.0 Å². The largest absolute Gasteiger partial charge is 0.311 e. The van der Waals surface area contributed by atoms with Crippen molar-refractivity contribution in [2.75, 3.05) is 0 Å². The van der Waals surface area contributed by atoms with Crippen LogP contribution in [0.5, 0.6) is 0 Å². The highest BCUT2D eigenvalue weighted by Crippen LogP contribution is 2.28. The predicted octanol–water partition coefficient (Wildman–Crippen LogP) is 4.43. The van der Waals surface area contributed by atoms with Gasteiger partial charge in [-0.15, -0.1) is 0 Å². The third-order valence-electron chi connectivity index (χ3n) is 4.42. The molecule has 2 aliphatic rings. The van der Waals surface area contributed by atoms with Crippen LogP contribution < -0.4 is 5.32 Å². The predicted molar refractivity (Wildman–Crippen MR) is 75.2 cm³/mol. The fourth-order valence-electron chi connectivity index (χ4n) is 3.57. The number of rotatable bonds is 3. The highest BCUT2D eigenvalue weighted by Gasteiger charge is 2.26. The Morgan fingerprint density at radius 3 is 2.24 bits per heavy atom. The van der Waals surface area contributed by atoms with Gasteiger partial charge in [-0.25, -0.2) is 0 Å². The molecular weight excluding hydrogens is 206 g/mol. The molecular formula is C16H29N. The fraction of sp³-hybridized carbons (Fsp3) is 0.875. The Hall–Kier alpha value is -0.300. The Morgan fingerprint density at radius 2 is 1.53 bits per heavy atom. The van der Waals surface area contributed by atoms with Crippen LogP contribution in [-0.2, 0) is 0 Å². The van der Waals surface area contributed by atoms with Crippen LogP contribution >= 0.6 is 0 Å². The van der Waals surface area contributed by atoms with Crippen molar-refractivity contribution in [2.45, 2.75) is 83.7 Å². The molecule has 2 fully saturated rings. The maximum Gasteiger partial charge on any atom is 0.0132 e. The van der Waals surface area contributed by atoms with Crippen LogP contribution in [-0.4, -0.2) is 12.1 Å². The molecule has 0 bridgehead atoms. The molecule has 98 valence electrons. The molecule has 2 rings (SSSR count). The van der Waals surface area contributed by atoms with Crippen molar-refractivity contribution in [1.82, 2.24) is 5.32 Å². The van der Waals surface area contributed by atoms with Crippen molar-refractivity contribution in [1.29, 1.82) is 0 Å². The summed E-state index contributed by atoms with van der Waals surface area (Å²) >= 11 is 0. The summed E-state index contributed by atoms with van der Waals surface area (Å²) < 4.78 is 0. The van der Waals surface area contributed by atoms with E-state index in [1.165, 1.54) is 63.4 Å². The molecule has 17 heavy (non-hydrogen) atoms. The molecule has 0 saturated heterocycles. The molecule has 0 aromatic heterocycles. The van der Waals surface area contributed by atoms with E-state index < -0.39 is 0 Å². The fourth-order valence-corrected chi connectivity index (χ4v) is 3.57. The highest BCUT2D eigenvalue weighted by molar-refractivity contribution is 5.03. The van der Waals surface area contributed by atoms with Crippen LogP contribution in [0, 0.1) is 5.92 Å². The van der Waals surface area contributed by atoms with Gasteiger partial charge in [0.15, 0.2) is 0 Å². The summed E-state index contributed by atoms with van der Waals surface area (Å²) in [6.45, 7) is 4.48. The number of allylic oxidation sites excluding steroid dienone is 1. The van der Waals surface area contributed by atoms with Gasteiger partial charge < -0.3 is 5.32 Å². The molecule has 1 heteroatoms. The molecule has 0 unspecified atom stereocenters. The third kappa shape index (κ3) is 4.13. The normalized spacial score (nSPS) is 31.2. The van der Waals surface area contributed by atoms with E-state index in [0.29, 0.717) is 0 Å². The molecule has 0 amide bonds. The molecule has 0 aromatic carbocycles. The van der Waals surface area contributed by atoms with Gasteiger partial charge in [0.25, 0.3) is 0 Å². The summed E-state index contributed by atoms with van der Waals surface area (Å²) in [5.74, 6) is 0.802. The maximum absolute atomic E-state index is 3.97. The minimum Gasteiger partial charge on any atom is -0.311 e. The van der Waals surface area contributed by atoms with E-state index in [-0.39, 0.29) is 0 Å². The summed E-state index contributed by atoms with van der Waals surface area (Å²) in [6, 6.07) is 1.58. The van der Waals surface area contributed by atoms with Gasteiger partial charge in [0.05, 0.1) is 0 Å². The lowest BCUT2D eigenvalue weighted by Gasteiger charge is -2.35. The number of hydrogen-bond donors (Lipinski definition) is 1. The average Bonchev–Trinajstić information content (AvgIpc) is 2.32. The van der Waals surface area contributed by atoms with Crippen molar-refractivity contribution in [3.05, 3.63) is 11.6 Å². The zero-order valence-electron chi connectivity index (χ0n) is 11.7. The van der Waals surface area contributed by atoms with Crippen molar-refractivity contribution in [2.24, 2.45) is 5.92 Å². The van der Waals surface area contributed by atoms with Crippen molar-refractivity contribution in [3.63, 3.8) is 0 Å². The smallest absolute Gasteiger partial charge is 0.0132 e. The Labute approximate surface area is 107 Å². The van der Waals surface area contributed by atoms with Crippen LogP contribution in [0.2, 0.25) is 0 Å². The second-order valence-corrected chi connectivity index (χ2v) is 6.30. The highest BCUT2D eigenvalue weighted by atomic mass is 15.0. The van der Waals surface area contributed by atoms with Crippen LogP contribution in [0.25, 0.3) is 0 Å². The summed E-state index contributed by atoms with van der Waals surface area (Å²) in [7, 11) is 0. The minimum atomic E-state index is 0.766. The van der Waals surface area contributed by atoms with Gasteiger partial charge in [-0.3, -0.25) is 0 Å². The molecule has 1 N–H and O–H groups in total. The monoisotopic (exact) mass is 235 g/mol. The average molecular weight is 235 g/mol. The van der Waals surface area contributed by atoms with Gasteiger partial charge in [0.2, 0.25) is 0 Å². The number of hydrogen-bond acceptors (Lipinski definition) is 1. The van der Waals surface area contributed by atoms with Crippen LogP contribution in [0.15, 0.2) is 11.6 Å². The zero-order valence-corrected chi connectivity index (χ0v) is 11.7. The minimum absolute atomic E-state index is 0.766. The summed E-state index contributed by atoms with van der Waals surface area (Å²) in [5.41, 5.74) is 1.49. The Morgan fingerprint density at radius 1 is 0.882 bits per heavy atom. The first-order valence-electron chi connectivity index (χ1n) is 7.67. The molecule has 2 aliphatic carbocycles. The zero-order chi connectivity index (χ0) is 12.1. The molecule has 2 atom stereocenters. The van der Waals surface area contributed by atoms with Crippen molar-refractivity contribution in [3.8, 4) is 0 Å². The van der Waals surface area contributed by atoms with Crippen LogP contribution in [0.1, 0.15) is 71.6 Å². The second-order valence-electron chi connectivity index (χ2n) is 6.30. The Bertz CT molecular complexity index is 246. The van der Waals surface area contributed by atoms with Crippen molar-refractivity contribution >= 4 is 0 Å². The molecule has 0 radical (unpaired) electrons. The molecule has 0 heterocycles. The van der Waals surface area contributed by atoms with E-state index in [9.17, 15) is 0 Å². The standard InChI is InChI=1S/C16H29N/c1-13(2)12-14-8-6-7-11-16(14)17-15-9-4-3-5-10-15/h12,14-17H,3-11H2,1-2H3/t14-,16-/m1/s1. The van der Waals surface area contributed by atoms with Crippen LogP contribution in [0.3, 0.4) is 0 Å². The Balaban J connectivity index is 1.89. The van der Waals surface area contributed by atoms with E-state index in [1.54, 1.807) is 0 Å². The quantitative estimate of drug-likeness (QED) is 0.713. The van der Waals surface area contributed by atoms with Gasteiger partial charge in [-0.2, -0.15) is 0 Å². The first kappa shape index (κ1) is 13.1. The van der Waals surface area contributed by atoms with Gasteiger partial charge >= 0.3 is 0 Å². The lowest BCUT2D eigenvalue weighted by Crippen LogP contribution is -2.44. The lowest BCUT2D eigenvalue weighted by molar-refractivity contribution is 0.251.